The Morgan fingerprint density at radius 3 is 2.68 bits per heavy atom. The van der Waals surface area contributed by atoms with Gasteiger partial charge in [-0.1, -0.05) is 13.8 Å². The molecule has 5 rings (SSSR count). The van der Waals surface area contributed by atoms with Gasteiger partial charge in [-0.15, -0.1) is 0 Å². The van der Waals surface area contributed by atoms with Crippen LogP contribution >= 0.6 is 0 Å². The van der Waals surface area contributed by atoms with Gasteiger partial charge in [-0.2, -0.15) is 10.2 Å². The minimum absolute atomic E-state index is 0.238. The number of halogens is 1. The standard InChI is InChI=1S/C25H24FN5O3/c1-25(2,14-34-3)24-23(16-11-28-30(12-16)13-22(32)33)19-9-20-15(10-27-29-20)8-21(19)31(24)18-6-4-17(26)5-7-18/h4-12H,13-14H2,1-3H3,(H,27,29)(H,32,33). The van der Waals surface area contributed by atoms with Crippen molar-refractivity contribution in [3.8, 4) is 16.8 Å². The van der Waals surface area contributed by atoms with E-state index in [1.165, 1.54) is 16.8 Å². The molecule has 0 aliphatic rings. The average Bonchev–Trinajstić information content (AvgIpc) is 3.49. The molecule has 2 aromatic carbocycles. The second kappa shape index (κ2) is 8.11. The minimum atomic E-state index is -0.970. The maximum absolute atomic E-state index is 13.8. The Morgan fingerprint density at radius 2 is 1.97 bits per heavy atom. The van der Waals surface area contributed by atoms with Crippen molar-refractivity contribution in [2.24, 2.45) is 0 Å². The van der Waals surface area contributed by atoms with E-state index < -0.39 is 11.4 Å². The minimum Gasteiger partial charge on any atom is -0.480 e. The zero-order chi connectivity index (χ0) is 24.0. The van der Waals surface area contributed by atoms with Crippen LogP contribution < -0.4 is 0 Å². The number of fused-ring (bicyclic) bond motifs is 2. The largest absolute Gasteiger partial charge is 0.480 e. The number of carboxylic acid groups (broad SMARTS) is 1. The summed E-state index contributed by atoms with van der Waals surface area (Å²) in [4.78, 5) is 11.2. The van der Waals surface area contributed by atoms with E-state index in [0.717, 1.165) is 44.3 Å². The number of H-pyrrole nitrogens is 1. The molecule has 0 bridgehead atoms. The summed E-state index contributed by atoms with van der Waals surface area (Å²) in [5.41, 5.74) is 4.78. The van der Waals surface area contributed by atoms with Crippen molar-refractivity contribution < 1.29 is 19.0 Å². The normalized spacial score (nSPS) is 12.1. The fourth-order valence-electron chi connectivity index (χ4n) is 4.66. The van der Waals surface area contributed by atoms with E-state index in [-0.39, 0.29) is 12.4 Å². The number of carboxylic acids is 1. The Balaban J connectivity index is 1.90. The van der Waals surface area contributed by atoms with Crippen molar-refractivity contribution in [3.05, 3.63) is 66.5 Å². The maximum atomic E-state index is 13.8. The zero-order valence-electron chi connectivity index (χ0n) is 19.0. The summed E-state index contributed by atoms with van der Waals surface area (Å²) in [6.07, 6.45) is 5.18. The van der Waals surface area contributed by atoms with Crippen LogP contribution in [0.3, 0.4) is 0 Å². The number of benzene rings is 2. The monoisotopic (exact) mass is 461 g/mol. The Morgan fingerprint density at radius 1 is 1.21 bits per heavy atom. The number of aromatic amines is 1. The molecule has 174 valence electrons. The summed E-state index contributed by atoms with van der Waals surface area (Å²) in [6.45, 7) is 4.37. The summed E-state index contributed by atoms with van der Waals surface area (Å²) < 4.78 is 22.9. The van der Waals surface area contributed by atoms with Gasteiger partial charge in [-0.25, -0.2) is 4.39 Å². The van der Waals surface area contributed by atoms with Gasteiger partial charge in [0.05, 0.1) is 30.0 Å². The van der Waals surface area contributed by atoms with E-state index in [4.69, 9.17) is 4.74 Å². The van der Waals surface area contributed by atoms with Crippen molar-refractivity contribution in [1.29, 1.82) is 0 Å². The van der Waals surface area contributed by atoms with Gasteiger partial charge in [-0.05, 0) is 36.4 Å². The molecule has 0 atom stereocenters. The lowest BCUT2D eigenvalue weighted by atomic mass is 9.85. The van der Waals surface area contributed by atoms with Gasteiger partial charge in [0.25, 0.3) is 0 Å². The first-order chi connectivity index (χ1) is 16.3. The molecular weight excluding hydrogens is 437 g/mol. The maximum Gasteiger partial charge on any atom is 0.325 e. The number of ether oxygens (including phenoxy) is 1. The first kappa shape index (κ1) is 21.8. The lowest BCUT2D eigenvalue weighted by Crippen LogP contribution is -2.27. The second-order valence-electron chi connectivity index (χ2n) is 9.00. The molecule has 0 saturated heterocycles. The zero-order valence-corrected chi connectivity index (χ0v) is 19.0. The van der Waals surface area contributed by atoms with E-state index in [9.17, 15) is 14.3 Å². The smallest absolute Gasteiger partial charge is 0.325 e. The number of aliphatic carboxylic acids is 1. The topological polar surface area (TPSA) is 98.0 Å². The third-order valence-electron chi connectivity index (χ3n) is 5.98. The number of aromatic nitrogens is 5. The summed E-state index contributed by atoms with van der Waals surface area (Å²) in [5, 5.41) is 22.6. The lowest BCUT2D eigenvalue weighted by molar-refractivity contribution is -0.137. The van der Waals surface area contributed by atoms with Crippen LogP contribution in [0.1, 0.15) is 19.5 Å². The third kappa shape index (κ3) is 3.63. The molecule has 0 spiro atoms. The molecule has 0 amide bonds. The van der Waals surface area contributed by atoms with Crippen molar-refractivity contribution in [3.63, 3.8) is 0 Å². The fraction of sp³-hybridized carbons (Fsp3) is 0.240. The fourth-order valence-corrected chi connectivity index (χ4v) is 4.66. The molecule has 0 aliphatic heterocycles. The average molecular weight is 461 g/mol. The predicted octanol–water partition coefficient (Wildman–Crippen LogP) is 4.52. The Bertz CT molecular complexity index is 1510. The molecule has 3 heterocycles. The number of rotatable bonds is 7. The van der Waals surface area contributed by atoms with Gasteiger partial charge >= 0.3 is 5.97 Å². The first-order valence-corrected chi connectivity index (χ1v) is 10.8. The molecule has 0 saturated carbocycles. The molecule has 0 fully saturated rings. The van der Waals surface area contributed by atoms with E-state index in [2.05, 4.69) is 39.8 Å². The van der Waals surface area contributed by atoms with Crippen LogP contribution in [0.25, 0.3) is 38.6 Å². The van der Waals surface area contributed by atoms with Crippen molar-refractivity contribution in [2.45, 2.75) is 25.8 Å². The third-order valence-corrected chi connectivity index (χ3v) is 5.98. The van der Waals surface area contributed by atoms with Crippen LogP contribution in [0, 0.1) is 5.82 Å². The number of nitrogens with one attached hydrogen (secondary N) is 1. The summed E-state index contributed by atoms with van der Waals surface area (Å²) in [6, 6.07) is 10.5. The lowest BCUT2D eigenvalue weighted by Gasteiger charge is -2.28. The van der Waals surface area contributed by atoms with Crippen molar-refractivity contribution in [1.82, 2.24) is 24.5 Å². The van der Waals surface area contributed by atoms with Crippen LogP contribution in [0.4, 0.5) is 4.39 Å². The molecule has 9 heteroatoms. The van der Waals surface area contributed by atoms with Gasteiger partial charge in [-0.3, -0.25) is 14.6 Å². The predicted molar refractivity (Wildman–Crippen MR) is 127 cm³/mol. The van der Waals surface area contributed by atoms with Gasteiger partial charge in [0.15, 0.2) is 0 Å². The Labute approximate surface area is 194 Å². The summed E-state index contributed by atoms with van der Waals surface area (Å²) in [7, 11) is 1.66. The van der Waals surface area contributed by atoms with Crippen LogP contribution in [-0.4, -0.2) is 49.3 Å². The van der Waals surface area contributed by atoms with E-state index in [1.807, 2.05) is 6.07 Å². The first-order valence-electron chi connectivity index (χ1n) is 10.8. The van der Waals surface area contributed by atoms with Crippen molar-refractivity contribution >= 4 is 27.8 Å². The van der Waals surface area contributed by atoms with E-state index in [1.54, 1.807) is 37.8 Å². The Kier molecular flexibility index (Phi) is 5.21. The highest BCUT2D eigenvalue weighted by Crippen LogP contribution is 2.44. The molecule has 0 aliphatic carbocycles. The van der Waals surface area contributed by atoms with Gasteiger partial charge < -0.3 is 14.4 Å². The highest BCUT2D eigenvalue weighted by atomic mass is 19.1. The van der Waals surface area contributed by atoms with Gasteiger partial charge in [0.1, 0.15) is 12.4 Å². The van der Waals surface area contributed by atoms with E-state index >= 15 is 0 Å². The van der Waals surface area contributed by atoms with Gasteiger partial charge in [0.2, 0.25) is 0 Å². The molecule has 3 aromatic heterocycles. The Hall–Kier alpha value is -3.98. The molecule has 0 radical (unpaired) electrons. The quantitative estimate of drug-likeness (QED) is 0.371. The molecule has 0 unspecified atom stereocenters. The molecular formula is C25H24FN5O3. The van der Waals surface area contributed by atoms with Crippen LogP contribution in [0.5, 0.6) is 0 Å². The number of nitrogens with zero attached hydrogens (tertiary/aromatic N) is 4. The highest BCUT2D eigenvalue weighted by Gasteiger charge is 2.32. The number of methoxy groups -OCH3 is 1. The number of hydrogen-bond acceptors (Lipinski definition) is 4. The van der Waals surface area contributed by atoms with Gasteiger partial charge in [0, 0.05) is 52.0 Å². The van der Waals surface area contributed by atoms with Crippen LogP contribution in [0.15, 0.2) is 55.0 Å². The molecule has 34 heavy (non-hydrogen) atoms. The summed E-state index contributed by atoms with van der Waals surface area (Å²) >= 11 is 0. The van der Waals surface area contributed by atoms with Crippen LogP contribution in [-0.2, 0) is 21.5 Å². The summed E-state index contributed by atoms with van der Waals surface area (Å²) in [5.74, 6) is -1.28. The number of hydrogen-bond donors (Lipinski definition) is 2. The highest BCUT2D eigenvalue weighted by molar-refractivity contribution is 6.05. The molecule has 8 nitrogen and oxygen atoms in total. The SMILES string of the molecule is COCC(C)(C)c1c(-c2cnn(CC(=O)O)c2)c2cc3[nH]ncc3cc2n1-c1ccc(F)cc1. The number of carbonyl (C=O) groups is 1. The molecule has 2 N–H and O–H groups in total. The van der Waals surface area contributed by atoms with Crippen LogP contribution in [0.2, 0.25) is 0 Å². The second-order valence-corrected chi connectivity index (χ2v) is 9.00. The molecule has 5 aromatic rings. The van der Waals surface area contributed by atoms with E-state index in [0.29, 0.717) is 6.61 Å². The van der Waals surface area contributed by atoms with Crippen molar-refractivity contribution in [2.75, 3.05) is 13.7 Å².